The Morgan fingerprint density at radius 3 is 2.86 bits per heavy atom. The van der Waals surface area contributed by atoms with Crippen LogP contribution in [-0.4, -0.2) is 4.98 Å². The fourth-order valence-electron chi connectivity index (χ4n) is 1.42. The van der Waals surface area contributed by atoms with Crippen molar-refractivity contribution in [3.05, 3.63) is 28.5 Å². The van der Waals surface area contributed by atoms with Crippen molar-refractivity contribution in [3.8, 4) is 6.07 Å². The predicted molar refractivity (Wildman–Crippen MR) is 53.6 cm³/mol. The SMILES string of the molecule is N#Cc1nc(C(N)C2CC2)ccc1Cl. The molecular weight excluding hydrogens is 198 g/mol. The van der Waals surface area contributed by atoms with Crippen molar-refractivity contribution >= 4 is 11.6 Å². The number of rotatable bonds is 2. The lowest BCUT2D eigenvalue weighted by molar-refractivity contribution is 0.614. The van der Waals surface area contributed by atoms with Crippen molar-refractivity contribution in [1.29, 1.82) is 5.26 Å². The number of pyridine rings is 1. The Hall–Kier alpha value is -1.11. The van der Waals surface area contributed by atoms with E-state index in [-0.39, 0.29) is 11.7 Å². The van der Waals surface area contributed by atoms with Gasteiger partial charge in [0, 0.05) is 6.04 Å². The number of nitrogens with two attached hydrogens (primary N) is 1. The van der Waals surface area contributed by atoms with Gasteiger partial charge in [-0.1, -0.05) is 11.6 Å². The molecule has 1 aromatic heterocycles. The second kappa shape index (κ2) is 3.56. The number of aromatic nitrogens is 1. The smallest absolute Gasteiger partial charge is 0.159 e. The van der Waals surface area contributed by atoms with Gasteiger partial charge in [-0.2, -0.15) is 5.26 Å². The molecule has 3 nitrogen and oxygen atoms in total. The van der Waals surface area contributed by atoms with Crippen molar-refractivity contribution in [3.63, 3.8) is 0 Å². The lowest BCUT2D eigenvalue weighted by Gasteiger charge is -2.09. The van der Waals surface area contributed by atoms with Gasteiger partial charge in [-0.3, -0.25) is 0 Å². The van der Waals surface area contributed by atoms with Gasteiger partial charge in [0.1, 0.15) is 6.07 Å². The Balaban J connectivity index is 2.30. The van der Waals surface area contributed by atoms with Gasteiger partial charge >= 0.3 is 0 Å². The molecule has 1 aliphatic carbocycles. The van der Waals surface area contributed by atoms with Crippen LogP contribution in [0, 0.1) is 17.2 Å². The lowest BCUT2D eigenvalue weighted by Crippen LogP contribution is -2.14. The van der Waals surface area contributed by atoms with Gasteiger partial charge in [-0.15, -0.1) is 0 Å². The molecule has 4 heteroatoms. The maximum absolute atomic E-state index is 8.74. The van der Waals surface area contributed by atoms with E-state index in [9.17, 15) is 0 Å². The highest BCUT2D eigenvalue weighted by Crippen LogP contribution is 2.39. The minimum absolute atomic E-state index is 0.0423. The van der Waals surface area contributed by atoms with E-state index in [1.165, 1.54) is 0 Å². The average Bonchev–Trinajstić information content (AvgIpc) is 3.01. The van der Waals surface area contributed by atoms with E-state index >= 15 is 0 Å². The summed E-state index contributed by atoms with van der Waals surface area (Å²) in [4.78, 5) is 4.13. The van der Waals surface area contributed by atoms with E-state index < -0.39 is 0 Å². The summed E-state index contributed by atoms with van der Waals surface area (Å²) in [6.45, 7) is 0. The molecule has 0 amide bonds. The summed E-state index contributed by atoms with van der Waals surface area (Å²) < 4.78 is 0. The molecule has 1 saturated carbocycles. The van der Waals surface area contributed by atoms with E-state index in [4.69, 9.17) is 22.6 Å². The molecule has 0 bridgehead atoms. The first-order chi connectivity index (χ1) is 6.72. The van der Waals surface area contributed by atoms with Crippen molar-refractivity contribution in [2.75, 3.05) is 0 Å². The maximum Gasteiger partial charge on any atom is 0.159 e. The third-order valence-corrected chi connectivity index (χ3v) is 2.75. The monoisotopic (exact) mass is 207 g/mol. The van der Waals surface area contributed by atoms with Gasteiger partial charge in [0.15, 0.2) is 5.69 Å². The normalized spacial score (nSPS) is 17.5. The number of hydrogen-bond donors (Lipinski definition) is 1. The minimum atomic E-state index is -0.0423. The maximum atomic E-state index is 8.74. The second-order valence-electron chi connectivity index (χ2n) is 3.54. The van der Waals surface area contributed by atoms with Crippen LogP contribution in [0.3, 0.4) is 0 Å². The van der Waals surface area contributed by atoms with Crippen LogP contribution >= 0.6 is 11.6 Å². The Kier molecular flexibility index (Phi) is 2.40. The van der Waals surface area contributed by atoms with Crippen LogP contribution < -0.4 is 5.73 Å². The summed E-state index contributed by atoms with van der Waals surface area (Å²) in [7, 11) is 0. The first-order valence-corrected chi connectivity index (χ1v) is 4.92. The van der Waals surface area contributed by atoms with Crippen LogP contribution in [0.25, 0.3) is 0 Å². The molecule has 0 aliphatic heterocycles. The molecule has 2 rings (SSSR count). The van der Waals surface area contributed by atoms with E-state index in [1.807, 2.05) is 6.07 Å². The molecule has 0 aromatic carbocycles. The molecule has 0 spiro atoms. The highest BCUT2D eigenvalue weighted by atomic mass is 35.5. The number of nitriles is 1. The summed E-state index contributed by atoms with van der Waals surface area (Å²) in [6, 6.07) is 5.39. The largest absolute Gasteiger partial charge is 0.322 e. The minimum Gasteiger partial charge on any atom is -0.322 e. The lowest BCUT2D eigenvalue weighted by atomic mass is 10.1. The summed E-state index contributed by atoms with van der Waals surface area (Å²) in [6.07, 6.45) is 2.32. The summed E-state index contributed by atoms with van der Waals surface area (Å²) >= 11 is 5.77. The third-order valence-electron chi connectivity index (χ3n) is 2.44. The highest BCUT2D eigenvalue weighted by Gasteiger charge is 2.30. The highest BCUT2D eigenvalue weighted by molar-refractivity contribution is 6.31. The van der Waals surface area contributed by atoms with Crippen molar-refractivity contribution < 1.29 is 0 Å². The predicted octanol–water partition coefficient (Wildman–Crippen LogP) is 2.02. The van der Waals surface area contributed by atoms with Crippen LogP contribution in [0.1, 0.15) is 30.3 Å². The molecule has 1 aromatic rings. The summed E-state index contributed by atoms with van der Waals surface area (Å²) in [5, 5.41) is 9.13. The van der Waals surface area contributed by atoms with Gasteiger partial charge < -0.3 is 5.73 Å². The van der Waals surface area contributed by atoms with Gasteiger partial charge in [0.2, 0.25) is 0 Å². The van der Waals surface area contributed by atoms with Gasteiger partial charge in [-0.25, -0.2) is 4.98 Å². The van der Waals surface area contributed by atoms with E-state index in [0.29, 0.717) is 10.9 Å². The van der Waals surface area contributed by atoms with Crippen LogP contribution in [0.2, 0.25) is 5.02 Å². The van der Waals surface area contributed by atoms with E-state index in [1.54, 1.807) is 12.1 Å². The van der Waals surface area contributed by atoms with Crippen molar-refractivity contribution in [1.82, 2.24) is 4.98 Å². The Morgan fingerprint density at radius 2 is 2.29 bits per heavy atom. The zero-order valence-corrected chi connectivity index (χ0v) is 8.33. The molecule has 1 heterocycles. The molecule has 0 saturated heterocycles. The third kappa shape index (κ3) is 1.72. The zero-order valence-electron chi connectivity index (χ0n) is 7.57. The average molecular weight is 208 g/mol. The fourth-order valence-corrected chi connectivity index (χ4v) is 1.57. The Morgan fingerprint density at radius 1 is 1.57 bits per heavy atom. The van der Waals surface area contributed by atoms with Gasteiger partial charge in [0.05, 0.1) is 10.7 Å². The van der Waals surface area contributed by atoms with E-state index in [0.717, 1.165) is 18.5 Å². The molecule has 1 fully saturated rings. The standard InChI is InChI=1S/C10H10ClN3/c11-7-3-4-8(14-9(7)5-12)10(13)6-1-2-6/h3-4,6,10H,1-2,13H2. The van der Waals surface area contributed by atoms with Gasteiger partial charge in [-0.05, 0) is 30.9 Å². The fraction of sp³-hybridized carbons (Fsp3) is 0.400. The van der Waals surface area contributed by atoms with Crippen LogP contribution in [-0.2, 0) is 0 Å². The first-order valence-electron chi connectivity index (χ1n) is 4.54. The van der Waals surface area contributed by atoms with Crippen molar-refractivity contribution in [2.24, 2.45) is 11.7 Å². The Labute approximate surface area is 87.5 Å². The van der Waals surface area contributed by atoms with Crippen molar-refractivity contribution in [2.45, 2.75) is 18.9 Å². The molecule has 0 radical (unpaired) electrons. The molecule has 1 unspecified atom stereocenters. The number of halogens is 1. The first kappa shape index (κ1) is 9.45. The number of hydrogen-bond acceptors (Lipinski definition) is 3. The quantitative estimate of drug-likeness (QED) is 0.807. The summed E-state index contributed by atoms with van der Waals surface area (Å²) in [5.41, 5.74) is 6.99. The Bertz CT molecular complexity index is 393. The van der Waals surface area contributed by atoms with Crippen LogP contribution in [0.5, 0.6) is 0 Å². The molecule has 2 N–H and O–H groups in total. The topological polar surface area (TPSA) is 62.7 Å². The van der Waals surface area contributed by atoms with Gasteiger partial charge in [0.25, 0.3) is 0 Å². The second-order valence-corrected chi connectivity index (χ2v) is 3.95. The molecule has 14 heavy (non-hydrogen) atoms. The molecular formula is C10H10ClN3. The number of nitrogens with zero attached hydrogens (tertiary/aromatic N) is 2. The van der Waals surface area contributed by atoms with Crippen LogP contribution in [0.4, 0.5) is 0 Å². The van der Waals surface area contributed by atoms with Crippen LogP contribution in [0.15, 0.2) is 12.1 Å². The molecule has 72 valence electrons. The zero-order chi connectivity index (χ0) is 10.1. The molecule has 1 aliphatic rings. The van der Waals surface area contributed by atoms with E-state index in [2.05, 4.69) is 4.98 Å². The summed E-state index contributed by atoms with van der Waals surface area (Å²) in [5.74, 6) is 0.537. The molecule has 1 atom stereocenters.